The number of amides is 1. The maximum Gasteiger partial charge on any atom is 0.439 e. The number of alkyl halides is 3. The van der Waals surface area contributed by atoms with Gasteiger partial charge in [-0.15, -0.1) is 0 Å². The number of hydrazone groups is 1. The molecule has 1 heterocycles. The average molecular weight is 427 g/mol. The van der Waals surface area contributed by atoms with Gasteiger partial charge in [-0.05, 0) is 36.2 Å². The van der Waals surface area contributed by atoms with Crippen LogP contribution < -0.4 is 0 Å². The van der Waals surface area contributed by atoms with Crippen LogP contribution in [0.3, 0.4) is 0 Å². The number of hydrogen-bond acceptors (Lipinski definition) is 5. The van der Waals surface area contributed by atoms with Crippen LogP contribution in [0.25, 0.3) is 0 Å². The molecule has 164 valence electrons. The first-order valence-corrected chi connectivity index (χ1v) is 9.68. The maximum atomic E-state index is 14.0. The van der Waals surface area contributed by atoms with E-state index in [2.05, 4.69) is 5.10 Å². The highest BCUT2D eigenvalue weighted by atomic mass is 19.4. The number of rotatable bonds is 3. The number of aliphatic hydroxyl groups is 1. The molecule has 1 aromatic rings. The van der Waals surface area contributed by atoms with E-state index in [9.17, 15) is 33.2 Å². The minimum Gasteiger partial charge on any atom is -0.362 e. The molecule has 1 aliphatic carbocycles. The molecule has 10 heteroatoms. The Morgan fingerprint density at radius 1 is 1.30 bits per heavy atom. The predicted octanol–water partition coefficient (Wildman–Crippen LogP) is 4.05. The van der Waals surface area contributed by atoms with Crippen LogP contribution in [0.1, 0.15) is 45.6 Å². The molecule has 1 fully saturated rings. The molecule has 0 saturated heterocycles. The van der Waals surface area contributed by atoms with Crippen LogP contribution in [-0.4, -0.2) is 38.6 Å². The van der Waals surface area contributed by atoms with Crippen molar-refractivity contribution in [2.75, 3.05) is 0 Å². The Hall–Kier alpha value is -2.49. The van der Waals surface area contributed by atoms with Gasteiger partial charge in [0.25, 0.3) is 11.4 Å². The van der Waals surface area contributed by atoms with Crippen molar-refractivity contribution in [2.45, 2.75) is 58.4 Å². The van der Waals surface area contributed by atoms with E-state index in [1.165, 1.54) is 24.3 Å². The average Bonchev–Trinajstić information content (AvgIpc) is 2.95. The van der Waals surface area contributed by atoms with Crippen LogP contribution in [0.5, 0.6) is 0 Å². The van der Waals surface area contributed by atoms with Crippen LogP contribution in [0.4, 0.5) is 18.9 Å². The van der Waals surface area contributed by atoms with Crippen LogP contribution in [0, 0.1) is 27.4 Å². The second kappa shape index (κ2) is 7.33. The zero-order chi connectivity index (χ0) is 22.5. The van der Waals surface area contributed by atoms with Crippen LogP contribution in [0.15, 0.2) is 29.4 Å². The number of nitrogens with zero attached hydrogens (tertiary/aromatic N) is 3. The zero-order valence-electron chi connectivity index (χ0n) is 16.9. The topological polar surface area (TPSA) is 96.0 Å². The van der Waals surface area contributed by atoms with E-state index in [0.29, 0.717) is 6.42 Å². The van der Waals surface area contributed by atoms with E-state index >= 15 is 0 Å². The summed E-state index contributed by atoms with van der Waals surface area (Å²) < 4.78 is 42.1. The SMILES string of the molecule is CC(C)(C)[C@@H]1CCC2=NN(C(=O)Cc3ccc([N+](=O)[O-])cc3)[C@](O)(C(F)(F)F)[C@H]2C1. The first-order valence-electron chi connectivity index (χ1n) is 9.68. The highest BCUT2D eigenvalue weighted by Crippen LogP contribution is 2.51. The van der Waals surface area contributed by atoms with Gasteiger partial charge in [0.1, 0.15) is 0 Å². The summed E-state index contributed by atoms with van der Waals surface area (Å²) >= 11 is 0. The number of non-ortho nitro benzene ring substituents is 1. The van der Waals surface area contributed by atoms with Gasteiger partial charge in [-0.1, -0.05) is 32.9 Å². The summed E-state index contributed by atoms with van der Waals surface area (Å²) in [6.07, 6.45) is -4.56. The van der Waals surface area contributed by atoms with Gasteiger partial charge in [-0.2, -0.15) is 23.3 Å². The highest BCUT2D eigenvalue weighted by Gasteiger charge is 2.69. The number of carbonyl (C=O) groups excluding carboxylic acids is 1. The fraction of sp³-hybridized carbons (Fsp3) is 0.600. The minimum absolute atomic E-state index is 0.0555. The molecule has 1 aliphatic heterocycles. The van der Waals surface area contributed by atoms with Crippen molar-refractivity contribution < 1.29 is 28.0 Å². The van der Waals surface area contributed by atoms with Crippen molar-refractivity contribution in [3.8, 4) is 0 Å². The standard InChI is InChI=1S/C20H24F3N3O4/c1-18(2,3)13-6-9-16-15(11-13)19(28,20(21,22)23)25(24-16)17(27)10-12-4-7-14(8-5-12)26(29)30/h4-5,7-8,13,15,28H,6,9-11H2,1-3H3/t13-,15+,19-/m1/s1. The third-order valence-electron chi connectivity index (χ3n) is 6.09. The first kappa shape index (κ1) is 22.2. The summed E-state index contributed by atoms with van der Waals surface area (Å²) in [7, 11) is 0. The summed E-state index contributed by atoms with van der Waals surface area (Å²) in [5.74, 6) is -2.38. The minimum atomic E-state index is -5.09. The van der Waals surface area contributed by atoms with Crippen molar-refractivity contribution in [2.24, 2.45) is 22.4 Å². The largest absolute Gasteiger partial charge is 0.439 e. The van der Waals surface area contributed by atoms with Crippen LogP contribution in [0.2, 0.25) is 0 Å². The molecular weight excluding hydrogens is 403 g/mol. The van der Waals surface area contributed by atoms with Gasteiger partial charge in [0.15, 0.2) is 0 Å². The summed E-state index contributed by atoms with van der Waals surface area (Å²) in [5.41, 5.74) is -3.36. The van der Waals surface area contributed by atoms with Gasteiger partial charge in [0, 0.05) is 17.8 Å². The first-order chi connectivity index (χ1) is 13.7. The summed E-state index contributed by atoms with van der Waals surface area (Å²) in [4.78, 5) is 22.9. The van der Waals surface area contributed by atoms with E-state index in [4.69, 9.17) is 0 Å². The molecule has 0 radical (unpaired) electrons. The number of fused-ring (bicyclic) bond motifs is 1. The van der Waals surface area contributed by atoms with Gasteiger partial charge < -0.3 is 5.11 Å². The smallest absolute Gasteiger partial charge is 0.362 e. The van der Waals surface area contributed by atoms with E-state index in [1.807, 2.05) is 20.8 Å². The Morgan fingerprint density at radius 3 is 2.40 bits per heavy atom. The molecule has 1 saturated carbocycles. The second-order valence-corrected chi connectivity index (χ2v) is 9.01. The Balaban J connectivity index is 1.89. The molecule has 3 rings (SSSR count). The van der Waals surface area contributed by atoms with Gasteiger partial charge in [-0.25, -0.2) is 0 Å². The van der Waals surface area contributed by atoms with Crippen molar-refractivity contribution in [3.63, 3.8) is 0 Å². The fourth-order valence-corrected chi connectivity index (χ4v) is 4.24. The summed E-state index contributed by atoms with van der Waals surface area (Å²) in [6.45, 7) is 5.83. The molecule has 7 nitrogen and oxygen atoms in total. The van der Waals surface area contributed by atoms with Crippen molar-refractivity contribution in [1.29, 1.82) is 0 Å². The Kier molecular flexibility index (Phi) is 5.43. The molecule has 0 spiro atoms. The summed E-state index contributed by atoms with van der Waals surface area (Å²) in [5, 5.41) is 25.6. The molecule has 0 bridgehead atoms. The van der Waals surface area contributed by atoms with E-state index < -0.39 is 35.1 Å². The number of halogens is 3. The Bertz CT molecular complexity index is 877. The lowest BCUT2D eigenvalue weighted by atomic mass is 9.66. The third-order valence-corrected chi connectivity index (χ3v) is 6.09. The third kappa shape index (κ3) is 3.80. The fourth-order valence-electron chi connectivity index (χ4n) is 4.24. The van der Waals surface area contributed by atoms with Crippen molar-refractivity contribution in [3.05, 3.63) is 39.9 Å². The lowest BCUT2D eigenvalue weighted by Gasteiger charge is -2.42. The summed E-state index contributed by atoms with van der Waals surface area (Å²) in [6, 6.07) is 4.94. The molecule has 3 atom stereocenters. The molecule has 30 heavy (non-hydrogen) atoms. The normalized spacial score (nSPS) is 26.9. The van der Waals surface area contributed by atoms with Gasteiger partial charge >= 0.3 is 6.18 Å². The molecule has 0 unspecified atom stereocenters. The van der Waals surface area contributed by atoms with E-state index in [0.717, 1.165) is 0 Å². The second-order valence-electron chi connectivity index (χ2n) is 9.01. The van der Waals surface area contributed by atoms with Gasteiger partial charge in [-0.3, -0.25) is 14.9 Å². The van der Waals surface area contributed by atoms with Crippen molar-refractivity contribution >= 4 is 17.3 Å². The highest BCUT2D eigenvalue weighted by molar-refractivity contribution is 5.93. The Labute approximate surface area is 171 Å². The van der Waals surface area contributed by atoms with E-state index in [1.54, 1.807) is 0 Å². The Morgan fingerprint density at radius 2 is 1.90 bits per heavy atom. The van der Waals surface area contributed by atoms with Gasteiger partial charge in [0.2, 0.25) is 5.91 Å². The lowest BCUT2D eigenvalue weighted by Crippen LogP contribution is -2.62. The lowest BCUT2D eigenvalue weighted by molar-refractivity contribution is -0.384. The van der Waals surface area contributed by atoms with Crippen LogP contribution in [-0.2, 0) is 11.2 Å². The molecule has 1 aromatic carbocycles. The number of nitro benzene ring substituents is 1. The van der Waals surface area contributed by atoms with Crippen molar-refractivity contribution in [1.82, 2.24) is 5.01 Å². The van der Waals surface area contributed by atoms with Crippen LogP contribution >= 0.6 is 0 Å². The number of benzene rings is 1. The quantitative estimate of drug-likeness (QED) is 0.581. The molecule has 1 N–H and O–H groups in total. The molecule has 0 aromatic heterocycles. The molecule has 1 amide bonds. The number of nitro groups is 1. The predicted molar refractivity (Wildman–Crippen MR) is 102 cm³/mol. The number of hydrogen-bond donors (Lipinski definition) is 1. The monoisotopic (exact) mass is 427 g/mol. The number of carbonyl (C=O) groups is 1. The van der Waals surface area contributed by atoms with Gasteiger partial charge in [0.05, 0.1) is 17.3 Å². The molecule has 2 aliphatic rings. The van der Waals surface area contributed by atoms with E-state index in [-0.39, 0.29) is 46.1 Å². The zero-order valence-corrected chi connectivity index (χ0v) is 16.9. The maximum absolute atomic E-state index is 14.0. The molecular formula is C20H24F3N3O4.